The summed E-state index contributed by atoms with van der Waals surface area (Å²) in [7, 11) is 0. The molecule has 2 rings (SSSR count). The van der Waals surface area contributed by atoms with Crippen molar-refractivity contribution in [3.63, 3.8) is 0 Å². The lowest BCUT2D eigenvalue weighted by Crippen LogP contribution is -2.13. The number of amides is 1. The second kappa shape index (κ2) is 5.81. The van der Waals surface area contributed by atoms with Crippen molar-refractivity contribution in [2.75, 3.05) is 5.32 Å². The zero-order valence-electron chi connectivity index (χ0n) is 9.12. The monoisotopic (exact) mass is 363 g/mol. The van der Waals surface area contributed by atoms with Crippen LogP contribution in [0.15, 0.2) is 28.7 Å². The molecular formula is C11H5BrCl2FN3O. The number of benzene rings is 1. The summed E-state index contributed by atoms with van der Waals surface area (Å²) in [4.78, 5) is 12.0. The summed E-state index contributed by atoms with van der Waals surface area (Å²) in [6.45, 7) is 0. The second-order valence-corrected chi connectivity index (χ2v) is 5.05. The van der Waals surface area contributed by atoms with Crippen LogP contribution in [0.2, 0.25) is 10.3 Å². The van der Waals surface area contributed by atoms with E-state index in [1.54, 1.807) is 0 Å². The Morgan fingerprint density at radius 2 is 2.00 bits per heavy atom. The average molecular weight is 365 g/mol. The fraction of sp³-hybridized carbons (Fsp3) is 0. The Hall–Kier alpha value is -1.24. The fourth-order valence-electron chi connectivity index (χ4n) is 1.28. The van der Waals surface area contributed by atoms with Gasteiger partial charge in [0.1, 0.15) is 5.82 Å². The molecule has 1 amide bonds. The molecule has 1 aromatic heterocycles. The van der Waals surface area contributed by atoms with Crippen molar-refractivity contribution in [3.8, 4) is 0 Å². The van der Waals surface area contributed by atoms with Gasteiger partial charge in [0.15, 0.2) is 10.3 Å². The van der Waals surface area contributed by atoms with Gasteiger partial charge in [-0.15, -0.1) is 10.2 Å². The van der Waals surface area contributed by atoms with Crippen molar-refractivity contribution < 1.29 is 9.18 Å². The molecule has 0 saturated carbocycles. The third-order valence-electron chi connectivity index (χ3n) is 2.14. The van der Waals surface area contributed by atoms with Crippen molar-refractivity contribution in [2.45, 2.75) is 0 Å². The maximum Gasteiger partial charge on any atom is 0.258 e. The molecule has 98 valence electrons. The first-order valence-corrected chi connectivity index (χ1v) is 6.47. The van der Waals surface area contributed by atoms with E-state index in [1.165, 1.54) is 24.3 Å². The molecule has 0 spiro atoms. The number of hydrogen-bond donors (Lipinski definition) is 1. The molecule has 0 bridgehead atoms. The van der Waals surface area contributed by atoms with Gasteiger partial charge in [0, 0.05) is 5.69 Å². The molecule has 0 aliphatic carbocycles. The summed E-state index contributed by atoms with van der Waals surface area (Å²) in [5.74, 6) is -0.940. The Morgan fingerprint density at radius 1 is 1.26 bits per heavy atom. The number of rotatable bonds is 2. The molecule has 0 aliphatic heterocycles. The lowest BCUT2D eigenvalue weighted by Gasteiger charge is -2.07. The van der Waals surface area contributed by atoms with Gasteiger partial charge in [-0.25, -0.2) is 4.39 Å². The van der Waals surface area contributed by atoms with Gasteiger partial charge in [0.25, 0.3) is 5.91 Å². The van der Waals surface area contributed by atoms with E-state index in [-0.39, 0.29) is 20.3 Å². The number of halogens is 4. The number of nitrogens with one attached hydrogen (secondary N) is 1. The number of carbonyl (C=O) groups is 1. The third kappa shape index (κ3) is 3.40. The summed E-state index contributed by atoms with van der Waals surface area (Å²) >= 11 is 14.4. The van der Waals surface area contributed by atoms with Crippen LogP contribution in [-0.4, -0.2) is 16.1 Å². The maximum absolute atomic E-state index is 13.1. The van der Waals surface area contributed by atoms with Gasteiger partial charge >= 0.3 is 0 Å². The molecule has 0 aliphatic rings. The molecule has 1 heterocycles. The molecule has 0 radical (unpaired) electrons. The summed E-state index contributed by atoms with van der Waals surface area (Å²) in [6.07, 6.45) is 0. The molecule has 0 unspecified atom stereocenters. The highest BCUT2D eigenvalue weighted by Gasteiger charge is 2.14. The summed E-state index contributed by atoms with van der Waals surface area (Å²) in [5, 5.41) is 9.56. The normalized spacial score (nSPS) is 10.3. The lowest BCUT2D eigenvalue weighted by molar-refractivity contribution is 0.102. The van der Waals surface area contributed by atoms with E-state index in [1.807, 2.05) is 0 Å². The van der Waals surface area contributed by atoms with Gasteiger partial charge in [0.2, 0.25) is 0 Å². The van der Waals surface area contributed by atoms with Crippen molar-refractivity contribution in [3.05, 3.63) is 50.4 Å². The highest BCUT2D eigenvalue weighted by Crippen LogP contribution is 2.22. The first kappa shape index (κ1) is 14.2. The standard InChI is InChI=1S/C11H5BrCl2FN3O/c12-7-3-5(1-2-8(7)15)16-11(19)6-4-9(13)17-18-10(6)14/h1-4H,(H,16,19). The average Bonchev–Trinajstić information content (AvgIpc) is 2.36. The Kier molecular flexibility index (Phi) is 4.34. The largest absolute Gasteiger partial charge is 0.322 e. The van der Waals surface area contributed by atoms with E-state index in [4.69, 9.17) is 23.2 Å². The summed E-state index contributed by atoms with van der Waals surface area (Å²) < 4.78 is 13.3. The van der Waals surface area contributed by atoms with Crippen LogP contribution in [0.5, 0.6) is 0 Å². The zero-order valence-corrected chi connectivity index (χ0v) is 12.2. The van der Waals surface area contributed by atoms with Crippen molar-refractivity contribution >= 4 is 50.7 Å². The molecule has 4 nitrogen and oxygen atoms in total. The van der Waals surface area contributed by atoms with Crippen LogP contribution in [0.25, 0.3) is 0 Å². The molecule has 1 N–H and O–H groups in total. The van der Waals surface area contributed by atoms with Crippen LogP contribution in [0, 0.1) is 5.82 Å². The quantitative estimate of drug-likeness (QED) is 0.878. The van der Waals surface area contributed by atoms with Gasteiger partial charge in [-0.1, -0.05) is 23.2 Å². The fourth-order valence-corrected chi connectivity index (χ4v) is 1.99. The van der Waals surface area contributed by atoms with Crippen LogP contribution in [-0.2, 0) is 0 Å². The van der Waals surface area contributed by atoms with Crippen molar-refractivity contribution in [1.82, 2.24) is 10.2 Å². The highest BCUT2D eigenvalue weighted by atomic mass is 79.9. The second-order valence-electron chi connectivity index (χ2n) is 3.45. The Bertz CT molecular complexity index is 654. The highest BCUT2D eigenvalue weighted by molar-refractivity contribution is 9.10. The van der Waals surface area contributed by atoms with Crippen LogP contribution < -0.4 is 5.32 Å². The molecule has 0 saturated heterocycles. The van der Waals surface area contributed by atoms with Crippen molar-refractivity contribution in [1.29, 1.82) is 0 Å². The molecule has 19 heavy (non-hydrogen) atoms. The molecule has 1 aromatic carbocycles. The van der Waals surface area contributed by atoms with Crippen LogP contribution in [0.1, 0.15) is 10.4 Å². The number of aromatic nitrogens is 2. The van der Waals surface area contributed by atoms with E-state index in [9.17, 15) is 9.18 Å². The smallest absolute Gasteiger partial charge is 0.258 e. The Balaban J connectivity index is 2.25. The summed E-state index contributed by atoms with van der Waals surface area (Å²) in [6, 6.07) is 5.36. The van der Waals surface area contributed by atoms with Gasteiger partial charge < -0.3 is 5.32 Å². The van der Waals surface area contributed by atoms with E-state index in [0.29, 0.717) is 5.69 Å². The minimum Gasteiger partial charge on any atom is -0.322 e. The van der Waals surface area contributed by atoms with Gasteiger partial charge in [0.05, 0.1) is 10.0 Å². The number of nitrogens with zero attached hydrogens (tertiary/aromatic N) is 2. The number of carbonyl (C=O) groups excluding carboxylic acids is 1. The Morgan fingerprint density at radius 3 is 2.68 bits per heavy atom. The van der Waals surface area contributed by atoms with E-state index in [2.05, 4.69) is 31.4 Å². The van der Waals surface area contributed by atoms with E-state index >= 15 is 0 Å². The SMILES string of the molecule is O=C(Nc1ccc(F)c(Br)c1)c1cc(Cl)nnc1Cl. The minimum absolute atomic E-state index is 0.0508. The predicted octanol–water partition coefficient (Wildman–Crippen LogP) is 3.94. The molecule has 0 fully saturated rings. The number of anilines is 1. The molecule has 0 atom stereocenters. The molecule has 2 aromatic rings. The van der Waals surface area contributed by atoms with E-state index < -0.39 is 11.7 Å². The van der Waals surface area contributed by atoms with E-state index in [0.717, 1.165) is 0 Å². The van der Waals surface area contributed by atoms with Gasteiger partial charge in [-0.3, -0.25) is 4.79 Å². The number of hydrogen-bond acceptors (Lipinski definition) is 3. The topological polar surface area (TPSA) is 54.9 Å². The summed E-state index contributed by atoms with van der Waals surface area (Å²) in [5.41, 5.74) is 0.490. The minimum atomic E-state index is -0.514. The lowest BCUT2D eigenvalue weighted by atomic mass is 10.2. The first-order valence-electron chi connectivity index (χ1n) is 4.92. The predicted molar refractivity (Wildman–Crippen MR) is 74.1 cm³/mol. The molecular weight excluding hydrogens is 360 g/mol. The van der Waals surface area contributed by atoms with Crippen LogP contribution in [0.4, 0.5) is 10.1 Å². The van der Waals surface area contributed by atoms with Crippen LogP contribution >= 0.6 is 39.1 Å². The third-order valence-corrected chi connectivity index (χ3v) is 3.21. The van der Waals surface area contributed by atoms with Crippen molar-refractivity contribution in [2.24, 2.45) is 0 Å². The molecule has 8 heteroatoms. The maximum atomic E-state index is 13.1. The zero-order chi connectivity index (χ0) is 14.0. The Labute approximate surface area is 126 Å². The first-order chi connectivity index (χ1) is 8.97. The van der Waals surface area contributed by atoms with Crippen LogP contribution in [0.3, 0.4) is 0 Å². The van der Waals surface area contributed by atoms with Gasteiger partial charge in [-0.2, -0.15) is 0 Å². The van der Waals surface area contributed by atoms with Gasteiger partial charge in [-0.05, 0) is 40.2 Å².